The summed E-state index contributed by atoms with van der Waals surface area (Å²) in [6.07, 6.45) is 0. The summed E-state index contributed by atoms with van der Waals surface area (Å²) in [5, 5.41) is 2.22. The van der Waals surface area contributed by atoms with Crippen molar-refractivity contribution in [3.63, 3.8) is 0 Å². The summed E-state index contributed by atoms with van der Waals surface area (Å²) in [4.78, 5) is 41.1. The Morgan fingerprint density at radius 1 is 1.40 bits per heavy atom. The van der Waals surface area contributed by atoms with Crippen molar-refractivity contribution in [1.82, 2.24) is 15.2 Å². The van der Waals surface area contributed by atoms with Crippen LogP contribution in [0.15, 0.2) is 12.1 Å². The quantitative estimate of drug-likeness (QED) is 0.694. The molecule has 3 amide bonds. The Morgan fingerprint density at radius 2 is 2.05 bits per heavy atom. The van der Waals surface area contributed by atoms with Crippen molar-refractivity contribution in [2.75, 3.05) is 12.3 Å². The maximum Gasteiger partial charge on any atom is 0.255 e. The number of carbonyl (C=O) groups is 3. The third-order valence-corrected chi connectivity index (χ3v) is 3.25. The van der Waals surface area contributed by atoms with Gasteiger partial charge in [0.25, 0.3) is 11.8 Å². The van der Waals surface area contributed by atoms with E-state index in [1.165, 1.54) is 11.0 Å². The van der Waals surface area contributed by atoms with Crippen molar-refractivity contribution in [1.29, 1.82) is 0 Å². The molecule has 7 heteroatoms. The van der Waals surface area contributed by atoms with Crippen molar-refractivity contribution in [3.05, 3.63) is 23.4 Å². The fourth-order valence-electron chi connectivity index (χ4n) is 2.08. The van der Waals surface area contributed by atoms with E-state index in [1.54, 1.807) is 26.8 Å². The summed E-state index contributed by atoms with van der Waals surface area (Å²) < 4.78 is 0. The molecule has 20 heavy (non-hydrogen) atoms. The number of amides is 3. The number of nitrogens with two attached hydrogens (primary N) is 1. The predicted octanol–water partition coefficient (Wildman–Crippen LogP) is -0.151. The molecule has 0 radical (unpaired) electrons. The van der Waals surface area contributed by atoms with E-state index in [-0.39, 0.29) is 12.4 Å². The van der Waals surface area contributed by atoms with E-state index in [2.05, 4.69) is 10.3 Å². The van der Waals surface area contributed by atoms with Crippen LogP contribution in [0.2, 0.25) is 0 Å². The number of hydrogen-bond acceptors (Lipinski definition) is 5. The van der Waals surface area contributed by atoms with Gasteiger partial charge in [-0.2, -0.15) is 0 Å². The summed E-state index contributed by atoms with van der Waals surface area (Å²) in [6.45, 7) is 4.72. The summed E-state index contributed by atoms with van der Waals surface area (Å²) >= 11 is 0. The Hall–Kier alpha value is -2.44. The molecule has 1 aromatic rings. The zero-order chi connectivity index (χ0) is 15.1. The average Bonchev–Trinajstić information content (AvgIpc) is 2.32. The molecule has 106 valence electrons. The lowest BCUT2D eigenvalue weighted by atomic mass is 9.97. The molecule has 0 atom stereocenters. The monoisotopic (exact) mass is 276 g/mol. The fraction of sp³-hybridized carbons (Fsp3) is 0.385. The molecule has 1 aromatic heterocycles. The highest BCUT2D eigenvalue weighted by atomic mass is 16.2. The van der Waals surface area contributed by atoms with Crippen LogP contribution in [0.3, 0.4) is 0 Å². The molecule has 1 aliphatic heterocycles. The molecule has 1 saturated heterocycles. The van der Waals surface area contributed by atoms with Gasteiger partial charge in [0.05, 0.1) is 0 Å². The number of aryl methyl sites for hydroxylation is 1. The maximum atomic E-state index is 12.5. The molecule has 1 aliphatic rings. The maximum absolute atomic E-state index is 12.5. The van der Waals surface area contributed by atoms with E-state index in [4.69, 9.17) is 5.73 Å². The van der Waals surface area contributed by atoms with E-state index in [9.17, 15) is 14.4 Å². The molecular weight excluding hydrogens is 260 g/mol. The minimum absolute atomic E-state index is 0.168. The first-order valence-corrected chi connectivity index (χ1v) is 6.12. The van der Waals surface area contributed by atoms with Gasteiger partial charge in [-0.15, -0.1) is 0 Å². The molecule has 2 rings (SSSR count). The number of nitrogens with zero attached hydrogens (tertiary/aromatic N) is 2. The normalized spacial score (nSPS) is 17.9. The van der Waals surface area contributed by atoms with Gasteiger partial charge in [0.1, 0.15) is 17.9 Å². The second-order valence-electron chi connectivity index (χ2n) is 5.25. The van der Waals surface area contributed by atoms with Crippen LogP contribution in [0.1, 0.15) is 29.9 Å². The lowest BCUT2D eigenvalue weighted by molar-refractivity contribution is -0.143. The lowest BCUT2D eigenvalue weighted by Crippen LogP contribution is -2.65. The number of aromatic nitrogens is 1. The minimum atomic E-state index is -1.10. The molecule has 7 nitrogen and oxygen atoms in total. The van der Waals surface area contributed by atoms with Crippen LogP contribution in [0.4, 0.5) is 5.82 Å². The molecule has 0 bridgehead atoms. The molecule has 0 spiro atoms. The van der Waals surface area contributed by atoms with E-state index in [0.29, 0.717) is 11.3 Å². The van der Waals surface area contributed by atoms with Gasteiger partial charge in [-0.1, -0.05) is 0 Å². The first-order chi connectivity index (χ1) is 9.21. The molecule has 0 unspecified atom stereocenters. The molecular formula is C13H16N4O3. The number of carbonyl (C=O) groups excluding carboxylic acids is 3. The van der Waals surface area contributed by atoms with E-state index in [0.717, 1.165) is 0 Å². The van der Waals surface area contributed by atoms with Crippen LogP contribution >= 0.6 is 0 Å². The number of pyridine rings is 1. The van der Waals surface area contributed by atoms with Gasteiger partial charge >= 0.3 is 0 Å². The number of anilines is 1. The van der Waals surface area contributed by atoms with Crippen LogP contribution < -0.4 is 11.1 Å². The number of rotatable bonds is 1. The second-order valence-corrected chi connectivity index (χ2v) is 5.25. The van der Waals surface area contributed by atoms with Gasteiger partial charge in [-0.05, 0) is 32.9 Å². The topological polar surface area (TPSA) is 105 Å². The Morgan fingerprint density at radius 3 is 2.65 bits per heavy atom. The van der Waals surface area contributed by atoms with E-state index >= 15 is 0 Å². The fourth-order valence-corrected chi connectivity index (χ4v) is 2.08. The summed E-state index contributed by atoms with van der Waals surface area (Å²) in [6, 6.07) is 3.01. The molecule has 2 heterocycles. The first-order valence-electron chi connectivity index (χ1n) is 6.12. The predicted molar refractivity (Wildman–Crippen MR) is 71.7 cm³/mol. The Labute approximate surface area is 116 Å². The number of nitrogens with one attached hydrogen (secondary N) is 1. The number of imide groups is 1. The Balaban J connectivity index is 2.40. The molecule has 0 saturated carbocycles. The summed E-state index contributed by atoms with van der Waals surface area (Å²) in [5.74, 6) is -1.20. The Bertz CT molecular complexity index is 589. The number of nitrogen functional groups attached to an aromatic ring is 1. The second kappa shape index (κ2) is 4.59. The van der Waals surface area contributed by atoms with Crippen LogP contribution in [-0.2, 0) is 9.59 Å². The zero-order valence-electron chi connectivity index (χ0n) is 11.6. The summed E-state index contributed by atoms with van der Waals surface area (Å²) in [7, 11) is 0. The van der Waals surface area contributed by atoms with Crippen LogP contribution in [-0.4, -0.2) is 39.7 Å². The minimum Gasteiger partial charge on any atom is -0.384 e. The SMILES string of the molecule is Cc1cc(C(=O)N2CC(=O)NC(=O)C2(C)C)cc(N)n1. The van der Waals surface area contributed by atoms with Crippen LogP contribution in [0.5, 0.6) is 0 Å². The number of hydrogen-bond donors (Lipinski definition) is 2. The van der Waals surface area contributed by atoms with Crippen molar-refractivity contribution in [2.45, 2.75) is 26.3 Å². The van der Waals surface area contributed by atoms with Crippen LogP contribution in [0.25, 0.3) is 0 Å². The smallest absolute Gasteiger partial charge is 0.255 e. The zero-order valence-corrected chi connectivity index (χ0v) is 11.6. The van der Waals surface area contributed by atoms with Crippen molar-refractivity contribution >= 4 is 23.5 Å². The molecule has 1 fully saturated rings. The largest absolute Gasteiger partial charge is 0.384 e. The van der Waals surface area contributed by atoms with Crippen molar-refractivity contribution in [3.8, 4) is 0 Å². The van der Waals surface area contributed by atoms with Gasteiger partial charge in [0.15, 0.2) is 0 Å². The lowest BCUT2D eigenvalue weighted by Gasteiger charge is -2.40. The number of piperazine rings is 1. The van der Waals surface area contributed by atoms with Gasteiger partial charge in [0.2, 0.25) is 5.91 Å². The highest BCUT2D eigenvalue weighted by molar-refractivity contribution is 6.09. The molecule has 3 N–H and O–H groups in total. The highest BCUT2D eigenvalue weighted by Crippen LogP contribution is 2.21. The third-order valence-electron chi connectivity index (χ3n) is 3.25. The summed E-state index contributed by atoms with van der Waals surface area (Å²) in [5.41, 5.74) is 5.43. The highest BCUT2D eigenvalue weighted by Gasteiger charge is 2.43. The van der Waals surface area contributed by atoms with Crippen molar-refractivity contribution in [2.24, 2.45) is 0 Å². The van der Waals surface area contributed by atoms with Gasteiger partial charge in [-0.25, -0.2) is 4.98 Å². The van der Waals surface area contributed by atoms with Gasteiger partial charge in [0, 0.05) is 11.3 Å². The first kappa shape index (κ1) is 14.0. The molecule has 0 aliphatic carbocycles. The third kappa shape index (κ3) is 2.34. The standard InChI is InChI=1S/C13H16N4O3/c1-7-4-8(5-9(14)15-7)11(19)17-6-10(18)16-12(20)13(17,2)3/h4-5H,6H2,1-3H3,(H2,14,15)(H,16,18,20). The average molecular weight is 276 g/mol. The van der Waals surface area contributed by atoms with Gasteiger partial charge < -0.3 is 10.6 Å². The Kier molecular flexibility index (Phi) is 3.21. The van der Waals surface area contributed by atoms with Crippen molar-refractivity contribution < 1.29 is 14.4 Å². The van der Waals surface area contributed by atoms with E-state index < -0.39 is 23.3 Å². The van der Waals surface area contributed by atoms with Gasteiger partial charge in [-0.3, -0.25) is 19.7 Å². The van der Waals surface area contributed by atoms with Crippen LogP contribution in [0, 0.1) is 6.92 Å². The van der Waals surface area contributed by atoms with E-state index in [1.807, 2.05) is 0 Å². The molecule has 0 aromatic carbocycles.